The third-order valence-corrected chi connectivity index (χ3v) is 6.01. The molecule has 1 aromatic heterocycles. The largest absolute Gasteiger partial charge is 0.374 e. The summed E-state index contributed by atoms with van der Waals surface area (Å²) in [5, 5.41) is 8.24. The molecule has 2 aliphatic rings. The summed E-state index contributed by atoms with van der Waals surface area (Å²) < 4.78 is 8.06. The summed E-state index contributed by atoms with van der Waals surface area (Å²) in [5.74, 6) is 2.43. The average molecular weight is 295 g/mol. The van der Waals surface area contributed by atoms with Crippen molar-refractivity contribution in [3.63, 3.8) is 0 Å². The van der Waals surface area contributed by atoms with Crippen LogP contribution in [0.3, 0.4) is 0 Å². The molecular weight excluding hydrogens is 270 g/mol. The van der Waals surface area contributed by atoms with Crippen LogP contribution in [0.5, 0.6) is 0 Å². The highest BCUT2D eigenvalue weighted by molar-refractivity contribution is 7.99. The minimum atomic E-state index is 0.166. The van der Waals surface area contributed by atoms with Crippen LogP contribution in [0, 0.1) is 13.8 Å². The van der Waals surface area contributed by atoms with Gasteiger partial charge in [-0.3, -0.25) is 4.68 Å². The lowest BCUT2D eigenvalue weighted by molar-refractivity contribution is -0.0703. The second-order valence-electron chi connectivity index (χ2n) is 6.18. The Labute approximate surface area is 125 Å². The van der Waals surface area contributed by atoms with Crippen LogP contribution in [0.15, 0.2) is 0 Å². The topological polar surface area (TPSA) is 39.1 Å². The highest BCUT2D eigenvalue weighted by atomic mass is 32.2. The van der Waals surface area contributed by atoms with E-state index in [-0.39, 0.29) is 5.60 Å². The molecule has 1 N–H and O–H groups in total. The zero-order valence-electron chi connectivity index (χ0n) is 12.7. The molecule has 2 unspecified atom stereocenters. The van der Waals surface area contributed by atoms with Gasteiger partial charge in [0.05, 0.1) is 11.3 Å². The number of ether oxygens (including phenoxy) is 1. The summed E-state index contributed by atoms with van der Waals surface area (Å²) in [4.78, 5) is 0. The molecule has 0 aliphatic carbocycles. The van der Waals surface area contributed by atoms with Gasteiger partial charge < -0.3 is 10.1 Å². The highest BCUT2D eigenvalue weighted by Gasteiger charge is 2.40. The van der Waals surface area contributed by atoms with Gasteiger partial charge in [0.25, 0.3) is 0 Å². The zero-order chi connectivity index (χ0) is 14.2. The van der Waals surface area contributed by atoms with Gasteiger partial charge in [0.1, 0.15) is 0 Å². The molecule has 0 bridgehead atoms. The average Bonchev–Trinajstić information content (AvgIpc) is 2.95. The summed E-state index contributed by atoms with van der Waals surface area (Å²) >= 11 is 2.04. The highest BCUT2D eigenvalue weighted by Crippen LogP contribution is 2.38. The maximum Gasteiger partial charge on any atom is 0.0795 e. The minimum absolute atomic E-state index is 0.166. The Morgan fingerprint density at radius 2 is 2.35 bits per heavy atom. The lowest BCUT2D eigenvalue weighted by atomic mass is 9.90. The molecular formula is C15H25N3OS. The van der Waals surface area contributed by atoms with E-state index in [2.05, 4.69) is 24.3 Å². The molecule has 4 nitrogen and oxygen atoms in total. The number of aryl methyl sites for hydroxylation is 2. The van der Waals surface area contributed by atoms with Gasteiger partial charge in [-0.15, -0.1) is 0 Å². The van der Waals surface area contributed by atoms with Crippen LogP contribution in [-0.4, -0.2) is 39.5 Å². The minimum Gasteiger partial charge on any atom is -0.374 e. The molecule has 0 saturated carbocycles. The summed E-state index contributed by atoms with van der Waals surface area (Å²) in [7, 11) is 2.02. The summed E-state index contributed by atoms with van der Waals surface area (Å²) in [6, 6.07) is 0.585. The van der Waals surface area contributed by atoms with Gasteiger partial charge in [-0.2, -0.15) is 16.9 Å². The van der Waals surface area contributed by atoms with E-state index in [9.17, 15) is 0 Å². The fraction of sp³-hybridized carbons (Fsp3) is 0.800. The summed E-state index contributed by atoms with van der Waals surface area (Å²) in [5.41, 5.74) is 3.94. The van der Waals surface area contributed by atoms with Gasteiger partial charge in [-0.25, -0.2) is 0 Å². The monoisotopic (exact) mass is 295 g/mol. The second kappa shape index (κ2) is 5.70. The normalized spacial score (nSPS) is 30.2. The quantitative estimate of drug-likeness (QED) is 0.928. The molecule has 3 rings (SSSR count). The zero-order valence-corrected chi connectivity index (χ0v) is 13.6. The second-order valence-corrected chi connectivity index (χ2v) is 7.28. The van der Waals surface area contributed by atoms with Crippen LogP contribution in [0.25, 0.3) is 0 Å². The third-order valence-electron chi connectivity index (χ3n) is 4.79. The number of aromatic nitrogens is 2. The standard InChI is InChI=1S/C15H25N3OS/c1-11-14(12(2)18(3)17-11)9-16-13-4-6-19-15(8-13)5-7-20-10-15/h13,16H,4-10H2,1-3H3. The molecule has 5 heteroatoms. The van der Waals surface area contributed by atoms with E-state index < -0.39 is 0 Å². The first-order chi connectivity index (χ1) is 9.60. The van der Waals surface area contributed by atoms with Crippen LogP contribution >= 0.6 is 11.8 Å². The van der Waals surface area contributed by atoms with Crippen molar-refractivity contribution in [2.24, 2.45) is 7.05 Å². The Hall–Kier alpha value is -0.520. The Kier molecular flexibility index (Phi) is 4.11. The van der Waals surface area contributed by atoms with E-state index in [0.29, 0.717) is 6.04 Å². The fourth-order valence-electron chi connectivity index (χ4n) is 3.39. The third kappa shape index (κ3) is 2.76. The first-order valence-electron chi connectivity index (χ1n) is 7.54. The number of thioether (sulfide) groups is 1. The lowest BCUT2D eigenvalue weighted by Crippen LogP contribution is -2.47. The van der Waals surface area contributed by atoms with Crippen molar-refractivity contribution in [2.75, 3.05) is 18.1 Å². The van der Waals surface area contributed by atoms with Gasteiger partial charge in [0.2, 0.25) is 0 Å². The van der Waals surface area contributed by atoms with E-state index in [4.69, 9.17) is 4.74 Å². The SMILES string of the molecule is Cc1nn(C)c(C)c1CNC1CCOC2(CCSC2)C1. The van der Waals surface area contributed by atoms with Crippen molar-refractivity contribution in [2.45, 2.75) is 51.3 Å². The predicted octanol–water partition coefficient (Wildman–Crippen LogP) is 2.18. The molecule has 2 saturated heterocycles. The lowest BCUT2D eigenvalue weighted by Gasteiger charge is -2.38. The molecule has 0 amide bonds. The van der Waals surface area contributed by atoms with Crippen molar-refractivity contribution in [3.05, 3.63) is 17.0 Å². The number of nitrogens with zero attached hydrogens (tertiary/aromatic N) is 2. The van der Waals surface area contributed by atoms with Crippen LogP contribution < -0.4 is 5.32 Å². The van der Waals surface area contributed by atoms with E-state index in [1.54, 1.807) is 0 Å². The van der Waals surface area contributed by atoms with Gasteiger partial charge in [-0.1, -0.05) is 0 Å². The van der Waals surface area contributed by atoms with Crippen LogP contribution in [0.4, 0.5) is 0 Å². The van der Waals surface area contributed by atoms with E-state index in [0.717, 1.165) is 25.3 Å². The number of rotatable bonds is 3. The van der Waals surface area contributed by atoms with Gasteiger partial charge in [0.15, 0.2) is 0 Å². The first kappa shape index (κ1) is 14.4. The van der Waals surface area contributed by atoms with Crippen LogP contribution in [-0.2, 0) is 18.3 Å². The predicted molar refractivity (Wildman–Crippen MR) is 83.2 cm³/mol. The molecule has 20 heavy (non-hydrogen) atoms. The molecule has 1 aromatic rings. The molecule has 3 heterocycles. The molecule has 1 spiro atoms. The number of nitrogens with one attached hydrogen (secondary N) is 1. The molecule has 2 atom stereocenters. The molecule has 2 fully saturated rings. The number of hydrogen-bond donors (Lipinski definition) is 1. The van der Waals surface area contributed by atoms with Crippen molar-refractivity contribution in [1.29, 1.82) is 0 Å². The van der Waals surface area contributed by atoms with Gasteiger partial charge in [0, 0.05) is 43.3 Å². The van der Waals surface area contributed by atoms with Crippen molar-refractivity contribution < 1.29 is 4.74 Å². The van der Waals surface area contributed by atoms with E-state index >= 15 is 0 Å². The maximum absolute atomic E-state index is 6.08. The van der Waals surface area contributed by atoms with E-state index in [1.807, 2.05) is 23.5 Å². The molecule has 2 aliphatic heterocycles. The summed E-state index contributed by atoms with van der Waals surface area (Å²) in [6.07, 6.45) is 3.52. The van der Waals surface area contributed by atoms with E-state index in [1.165, 1.54) is 35.6 Å². The molecule has 0 radical (unpaired) electrons. The van der Waals surface area contributed by atoms with Crippen molar-refractivity contribution >= 4 is 11.8 Å². The Bertz CT molecular complexity index is 480. The fourth-order valence-corrected chi connectivity index (χ4v) is 4.76. The molecule has 0 aromatic carbocycles. The maximum atomic E-state index is 6.08. The Morgan fingerprint density at radius 1 is 1.50 bits per heavy atom. The van der Waals surface area contributed by atoms with Gasteiger partial charge >= 0.3 is 0 Å². The molecule has 112 valence electrons. The number of hydrogen-bond acceptors (Lipinski definition) is 4. The first-order valence-corrected chi connectivity index (χ1v) is 8.69. The summed E-state index contributed by atoms with van der Waals surface area (Å²) in [6.45, 7) is 6.09. The van der Waals surface area contributed by atoms with Crippen molar-refractivity contribution in [3.8, 4) is 0 Å². The van der Waals surface area contributed by atoms with Crippen molar-refractivity contribution in [1.82, 2.24) is 15.1 Å². The Morgan fingerprint density at radius 3 is 3.00 bits per heavy atom. The van der Waals surface area contributed by atoms with Crippen LogP contribution in [0.2, 0.25) is 0 Å². The Balaban J connectivity index is 1.60. The smallest absolute Gasteiger partial charge is 0.0795 e. The van der Waals surface area contributed by atoms with Gasteiger partial charge in [-0.05, 0) is 38.9 Å². The van der Waals surface area contributed by atoms with Crippen LogP contribution in [0.1, 0.15) is 36.2 Å².